The SMILES string of the molecule is CN(C)c1ccc(C2c3c(-c4ccc(Br)cc4)n[nH]c3C(=O)N2c2ccc(Cl)cc2)cc1. The van der Waals surface area contributed by atoms with E-state index in [0.717, 1.165) is 38.2 Å². The van der Waals surface area contributed by atoms with Crippen molar-refractivity contribution in [2.75, 3.05) is 23.9 Å². The van der Waals surface area contributed by atoms with E-state index in [0.29, 0.717) is 10.7 Å². The number of benzene rings is 3. The summed E-state index contributed by atoms with van der Waals surface area (Å²) in [4.78, 5) is 17.4. The molecule has 0 saturated carbocycles. The lowest BCUT2D eigenvalue weighted by Crippen LogP contribution is -2.29. The fraction of sp³-hybridized carbons (Fsp3) is 0.120. The third kappa shape index (κ3) is 3.49. The maximum absolute atomic E-state index is 13.5. The van der Waals surface area contributed by atoms with Gasteiger partial charge in [0.25, 0.3) is 5.91 Å². The van der Waals surface area contributed by atoms with Crippen LogP contribution in [-0.2, 0) is 0 Å². The van der Waals surface area contributed by atoms with Gasteiger partial charge in [0.15, 0.2) is 0 Å². The molecule has 4 aromatic rings. The summed E-state index contributed by atoms with van der Waals surface area (Å²) in [5.74, 6) is -0.111. The molecular formula is C25H20BrClN4O. The molecule has 1 aliphatic heterocycles. The highest BCUT2D eigenvalue weighted by Crippen LogP contribution is 2.45. The number of carbonyl (C=O) groups is 1. The number of rotatable bonds is 4. The minimum Gasteiger partial charge on any atom is -0.378 e. The molecule has 1 aromatic heterocycles. The van der Waals surface area contributed by atoms with Gasteiger partial charge in [-0.1, -0.05) is 51.8 Å². The number of aromatic nitrogens is 2. The molecule has 32 heavy (non-hydrogen) atoms. The summed E-state index contributed by atoms with van der Waals surface area (Å²) >= 11 is 9.60. The summed E-state index contributed by atoms with van der Waals surface area (Å²) in [5, 5.41) is 8.16. The van der Waals surface area contributed by atoms with Crippen LogP contribution in [-0.4, -0.2) is 30.2 Å². The van der Waals surface area contributed by atoms with Crippen molar-refractivity contribution >= 4 is 44.8 Å². The molecule has 0 saturated heterocycles. The number of halogens is 2. The first-order valence-corrected chi connectivity index (χ1v) is 11.3. The minimum absolute atomic E-state index is 0.111. The van der Waals surface area contributed by atoms with Crippen LogP contribution in [0.1, 0.15) is 27.7 Å². The van der Waals surface area contributed by atoms with Gasteiger partial charge in [0.05, 0.1) is 11.7 Å². The van der Waals surface area contributed by atoms with Crippen molar-refractivity contribution in [1.82, 2.24) is 10.2 Å². The van der Waals surface area contributed by atoms with E-state index in [4.69, 9.17) is 11.6 Å². The van der Waals surface area contributed by atoms with E-state index >= 15 is 0 Å². The van der Waals surface area contributed by atoms with Crippen LogP contribution in [0.3, 0.4) is 0 Å². The predicted octanol–water partition coefficient (Wildman–Crippen LogP) is 6.31. The monoisotopic (exact) mass is 506 g/mol. The summed E-state index contributed by atoms with van der Waals surface area (Å²) in [6.45, 7) is 0. The van der Waals surface area contributed by atoms with E-state index in [9.17, 15) is 4.79 Å². The van der Waals surface area contributed by atoms with Crippen molar-refractivity contribution in [3.8, 4) is 11.3 Å². The van der Waals surface area contributed by atoms with Crippen LogP contribution in [0.15, 0.2) is 77.3 Å². The second-order valence-corrected chi connectivity index (χ2v) is 9.26. The Morgan fingerprint density at radius 2 is 1.62 bits per heavy atom. The Hall–Kier alpha value is -3.09. The van der Waals surface area contributed by atoms with Crippen molar-refractivity contribution in [3.05, 3.63) is 99.1 Å². The zero-order valence-electron chi connectivity index (χ0n) is 17.5. The number of amides is 1. The lowest BCUT2D eigenvalue weighted by molar-refractivity contribution is 0.0989. The molecule has 1 N–H and O–H groups in total. The molecule has 0 aliphatic carbocycles. The Bertz CT molecular complexity index is 1280. The van der Waals surface area contributed by atoms with E-state index < -0.39 is 0 Å². The number of nitrogens with one attached hydrogen (secondary N) is 1. The molecule has 5 nitrogen and oxygen atoms in total. The highest BCUT2D eigenvalue weighted by Gasteiger charge is 2.43. The molecule has 160 valence electrons. The van der Waals surface area contributed by atoms with Crippen LogP contribution in [0.5, 0.6) is 0 Å². The average molecular weight is 508 g/mol. The Labute approximate surface area is 199 Å². The molecular weight excluding hydrogens is 488 g/mol. The van der Waals surface area contributed by atoms with Gasteiger partial charge in [0.2, 0.25) is 0 Å². The first-order valence-electron chi connectivity index (χ1n) is 10.1. The number of anilines is 2. The second-order valence-electron chi connectivity index (χ2n) is 7.91. The van der Waals surface area contributed by atoms with Crippen molar-refractivity contribution in [3.63, 3.8) is 0 Å². The third-order valence-corrected chi connectivity index (χ3v) is 6.50. The van der Waals surface area contributed by atoms with E-state index in [1.165, 1.54) is 0 Å². The smallest absolute Gasteiger partial charge is 0.277 e. The number of fused-ring (bicyclic) bond motifs is 1. The Morgan fingerprint density at radius 3 is 2.25 bits per heavy atom. The zero-order chi connectivity index (χ0) is 22.4. The maximum Gasteiger partial charge on any atom is 0.277 e. The first-order chi connectivity index (χ1) is 15.4. The molecule has 2 heterocycles. The quantitative estimate of drug-likeness (QED) is 0.352. The van der Waals surface area contributed by atoms with Crippen molar-refractivity contribution in [1.29, 1.82) is 0 Å². The highest BCUT2D eigenvalue weighted by atomic mass is 79.9. The molecule has 1 aliphatic rings. The Kier molecular flexibility index (Phi) is 5.27. The van der Waals surface area contributed by atoms with E-state index in [2.05, 4.69) is 55.3 Å². The van der Waals surface area contributed by atoms with E-state index in [1.54, 1.807) is 12.1 Å². The summed E-state index contributed by atoms with van der Waals surface area (Å²) in [6, 6.07) is 23.3. The lowest BCUT2D eigenvalue weighted by atomic mass is 9.95. The summed E-state index contributed by atoms with van der Waals surface area (Å²) in [7, 11) is 4.02. The van der Waals surface area contributed by atoms with Gasteiger partial charge in [-0.15, -0.1) is 0 Å². The van der Waals surface area contributed by atoms with Crippen LogP contribution in [0.25, 0.3) is 11.3 Å². The highest BCUT2D eigenvalue weighted by molar-refractivity contribution is 9.10. The molecule has 5 rings (SSSR count). The average Bonchev–Trinajstić information content (AvgIpc) is 3.34. The fourth-order valence-electron chi connectivity index (χ4n) is 4.11. The number of hydrogen-bond donors (Lipinski definition) is 1. The van der Waals surface area contributed by atoms with Crippen LogP contribution in [0.2, 0.25) is 5.02 Å². The molecule has 0 fully saturated rings. The standard InChI is InChI=1S/C25H20BrClN4O/c1-30(2)19-11-5-16(6-12-19)24-21-22(15-3-7-17(26)8-4-15)28-29-23(21)25(32)31(24)20-13-9-18(27)10-14-20/h3-14,24H,1-2H3,(H,28,29). The van der Waals surface area contributed by atoms with E-state index in [-0.39, 0.29) is 11.9 Å². The number of hydrogen-bond acceptors (Lipinski definition) is 3. The zero-order valence-corrected chi connectivity index (χ0v) is 19.9. The van der Waals surface area contributed by atoms with Gasteiger partial charge in [-0.25, -0.2) is 0 Å². The number of carbonyl (C=O) groups excluding carboxylic acids is 1. The second kappa shape index (κ2) is 8.11. The summed E-state index contributed by atoms with van der Waals surface area (Å²) in [5.41, 5.74) is 6.01. The number of nitrogens with zero attached hydrogens (tertiary/aromatic N) is 3. The third-order valence-electron chi connectivity index (χ3n) is 5.72. The molecule has 1 unspecified atom stereocenters. The molecule has 0 bridgehead atoms. The van der Waals surface area contributed by atoms with Gasteiger partial charge in [0, 0.05) is 46.1 Å². The van der Waals surface area contributed by atoms with Crippen LogP contribution >= 0.6 is 27.5 Å². The molecule has 3 aromatic carbocycles. The van der Waals surface area contributed by atoms with Crippen molar-refractivity contribution in [2.45, 2.75) is 6.04 Å². The van der Waals surface area contributed by atoms with Crippen molar-refractivity contribution in [2.24, 2.45) is 0 Å². The van der Waals surface area contributed by atoms with Gasteiger partial charge in [-0.3, -0.25) is 14.8 Å². The normalized spacial score (nSPS) is 15.2. The topological polar surface area (TPSA) is 52.2 Å². The fourth-order valence-corrected chi connectivity index (χ4v) is 4.50. The van der Waals surface area contributed by atoms with Gasteiger partial charge in [0.1, 0.15) is 5.69 Å². The number of H-pyrrole nitrogens is 1. The van der Waals surface area contributed by atoms with Gasteiger partial charge in [-0.2, -0.15) is 5.10 Å². The number of aromatic amines is 1. The van der Waals surface area contributed by atoms with Crippen molar-refractivity contribution < 1.29 is 4.79 Å². The first kappa shape index (κ1) is 20.8. The lowest BCUT2D eigenvalue weighted by Gasteiger charge is -2.27. The Morgan fingerprint density at radius 1 is 0.969 bits per heavy atom. The van der Waals surface area contributed by atoms with Gasteiger partial charge < -0.3 is 4.90 Å². The molecule has 0 radical (unpaired) electrons. The van der Waals surface area contributed by atoms with Crippen LogP contribution in [0, 0.1) is 0 Å². The largest absolute Gasteiger partial charge is 0.378 e. The Balaban J connectivity index is 1.69. The summed E-state index contributed by atoms with van der Waals surface area (Å²) < 4.78 is 0.989. The van der Waals surface area contributed by atoms with E-state index in [1.807, 2.05) is 55.4 Å². The minimum atomic E-state index is -0.313. The molecule has 0 spiro atoms. The van der Waals surface area contributed by atoms with Crippen LogP contribution < -0.4 is 9.80 Å². The van der Waals surface area contributed by atoms with Gasteiger partial charge >= 0.3 is 0 Å². The molecule has 1 atom stereocenters. The molecule has 7 heteroatoms. The molecule has 1 amide bonds. The summed E-state index contributed by atoms with van der Waals surface area (Å²) in [6.07, 6.45) is 0. The maximum atomic E-state index is 13.5. The van der Waals surface area contributed by atoms with Gasteiger partial charge in [-0.05, 0) is 54.1 Å². The van der Waals surface area contributed by atoms with Crippen LogP contribution in [0.4, 0.5) is 11.4 Å². The predicted molar refractivity (Wildman–Crippen MR) is 133 cm³/mol.